The molecule has 18 heavy (non-hydrogen) atoms. The molecule has 0 radical (unpaired) electrons. The predicted molar refractivity (Wildman–Crippen MR) is 74.9 cm³/mol. The first kappa shape index (κ1) is 13.0. The van der Waals surface area contributed by atoms with E-state index in [1.165, 1.54) is 4.57 Å². The van der Waals surface area contributed by atoms with E-state index in [9.17, 15) is 9.90 Å². The zero-order valence-corrected chi connectivity index (χ0v) is 11.7. The lowest BCUT2D eigenvalue weighted by molar-refractivity contribution is 0.208. The van der Waals surface area contributed by atoms with Crippen molar-refractivity contribution in [2.75, 3.05) is 11.9 Å². The van der Waals surface area contributed by atoms with E-state index in [-0.39, 0.29) is 5.56 Å². The molecular formula is C12H14BrN3O2. The van der Waals surface area contributed by atoms with Gasteiger partial charge in [0.15, 0.2) is 0 Å². The minimum atomic E-state index is -0.498. The van der Waals surface area contributed by atoms with E-state index in [2.05, 4.69) is 26.2 Å². The maximum atomic E-state index is 12.1. The monoisotopic (exact) mass is 311 g/mol. The highest BCUT2D eigenvalue weighted by Gasteiger charge is 2.08. The molecule has 5 nitrogen and oxygen atoms in total. The molecular weight excluding hydrogens is 298 g/mol. The normalized spacial score (nSPS) is 12.7. The molecule has 0 amide bonds. The number of nitrogens with one attached hydrogen (secondary N) is 1. The summed E-state index contributed by atoms with van der Waals surface area (Å²) in [6.45, 7) is 2.02. The number of hydrogen-bond donors (Lipinski definition) is 2. The fourth-order valence-electron chi connectivity index (χ4n) is 1.64. The summed E-state index contributed by atoms with van der Waals surface area (Å²) in [6.07, 6.45) is -0.498. The van der Waals surface area contributed by atoms with Gasteiger partial charge < -0.3 is 10.4 Å². The third kappa shape index (κ3) is 2.54. The minimum Gasteiger partial charge on any atom is -0.392 e. The van der Waals surface area contributed by atoms with Crippen LogP contribution in [0.2, 0.25) is 0 Å². The number of halogens is 1. The number of hydrogen-bond acceptors (Lipinski definition) is 4. The molecule has 6 heteroatoms. The van der Waals surface area contributed by atoms with Crippen LogP contribution in [0.1, 0.15) is 6.92 Å². The van der Waals surface area contributed by atoms with Gasteiger partial charge in [-0.15, -0.1) is 0 Å². The van der Waals surface area contributed by atoms with Gasteiger partial charge in [-0.25, -0.2) is 4.98 Å². The lowest BCUT2D eigenvalue weighted by atomic mass is 10.2. The number of rotatable bonds is 3. The predicted octanol–water partition coefficient (Wildman–Crippen LogP) is 1.49. The highest BCUT2D eigenvalue weighted by molar-refractivity contribution is 9.10. The zero-order valence-electron chi connectivity index (χ0n) is 10.1. The average Bonchev–Trinajstić information content (AvgIpc) is 2.32. The van der Waals surface area contributed by atoms with Gasteiger partial charge in [-0.3, -0.25) is 9.36 Å². The zero-order chi connectivity index (χ0) is 13.3. The summed E-state index contributed by atoms with van der Waals surface area (Å²) < 4.78 is 2.29. The summed E-state index contributed by atoms with van der Waals surface area (Å²) in [5.74, 6) is 0.454. The Morgan fingerprint density at radius 2 is 2.28 bits per heavy atom. The van der Waals surface area contributed by atoms with Crippen LogP contribution >= 0.6 is 15.9 Å². The molecule has 1 aromatic heterocycles. The molecule has 0 fully saturated rings. The van der Waals surface area contributed by atoms with Crippen LogP contribution < -0.4 is 10.9 Å². The number of aromatic nitrogens is 2. The second kappa shape index (κ2) is 5.07. The van der Waals surface area contributed by atoms with Gasteiger partial charge in [0.25, 0.3) is 5.56 Å². The van der Waals surface area contributed by atoms with Gasteiger partial charge in [0.1, 0.15) is 0 Å². The molecule has 1 aromatic carbocycles. The molecule has 0 saturated carbocycles. The molecule has 96 valence electrons. The van der Waals surface area contributed by atoms with E-state index in [0.29, 0.717) is 23.4 Å². The number of aliphatic hydroxyl groups excluding tert-OH is 1. The smallest absolute Gasteiger partial charge is 0.262 e. The molecule has 0 unspecified atom stereocenters. The molecule has 0 saturated heterocycles. The van der Waals surface area contributed by atoms with Gasteiger partial charge in [-0.2, -0.15) is 0 Å². The highest BCUT2D eigenvalue weighted by Crippen LogP contribution is 2.16. The number of benzene rings is 1. The molecule has 1 heterocycles. The number of fused-ring (bicyclic) bond motifs is 1. The topological polar surface area (TPSA) is 67.2 Å². The lowest BCUT2D eigenvalue weighted by Gasteiger charge is -2.12. The highest BCUT2D eigenvalue weighted by atomic mass is 79.9. The van der Waals surface area contributed by atoms with Gasteiger partial charge in [-0.05, 0) is 25.1 Å². The molecule has 2 N–H and O–H groups in total. The minimum absolute atomic E-state index is 0.116. The second-order valence-corrected chi connectivity index (χ2v) is 5.11. The Morgan fingerprint density at radius 3 is 2.94 bits per heavy atom. The summed E-state index contributed by atoms with van der Waals surface area (Å²) in [6, 6.07) is 5.38. The van der Waals surface area contributed by atoms with Gasteiger partial charge in [0.05, 0.1) is 17.0 Å². The number of aliphatic hydroxyl groups is 1. The van der Waals surface area contributed by atoms with Crippen LogP contribution in [0.4, 0.5) is 5.95 Å². The summed E-state index contributed by atoms with van der Waals surface area (Å²) in [5.41, 5.74) is 0.517. The van der Waals surface area contributed by atoms with E-state index >= 15 is 0 Å². The van der Waals surface area contributed by atoms with E-state index in [4.69, 9.17) is 0 Å². The molecule has 0 spiro atoms. The van der Waals surface area contributed by atoms with Crippen LogP contribution in [-0.4, -0.2) is 27.3 Å². The van der Waals surface area contributed by atoms with Crippen molar-refractivity contribution < 1.29 is 5.11 Å². The molecule has 0 aliphatic heterocycles. The Bertz CT molecular complexity index is 637. The first-order valence-corrected chi connectivity index (χ1v) is 6.36. The van der Waals surface area contributed by atoms with Crippen LogP contribution in [0.5, 0.6) is 0 Å². The standard InChI is InChI=1S/C12H14BrN3O2/c1-7(17)6-14-12-15-10-4-3-8(13)5-9(10)11(18)16(12)2/h3-5,7,17H,6H2,1-2H3,(H,14,15)/t7-/m0/s1. The van der Waals surface area contributed by atoms with E-state index in [0.717, 1.165) is 4.47 Å². The van der Waals surface area contributed by atoms with Gasteiger partial charge in [0, 0.05) is 18.1 Å². The summed E-state index contributed by atoms with van der Waals surface area (Å²) in [4.78, 5) is 16.5. The first-order valence-electron chi connectivity index (χ1n) is 5.57. The van der Waals surface area contributed by atoms with Crippen molar-refractivity contribution in [1.82, 2.24) is 9.55 Å². The maximum Gasteiger partial charge on any atom is 0.262 e. The second-order valence-electron chi connectivity index (χ2n) is 4.19. The Balaban J connectivity index is 2.54. The lowest BCUT2D eigenvalue weighted by Crippen LogP contribution is -2.25. The number of anilines is 1. The van der Waals surface area contributed by atoms with Crippen LogP contribution in [0, 0.1) is 0 Å². The van der Waals surface area contributed by atoms with Gasteiger partial charge >= 0.3 is 0 Å². The fraction of sp³-hybridized carbons (Fsp3) is 0.333. The molecule has 2 aromatic rings. The molecule has 0 aliphatic carbocycles. The Hall–Kier alpha value is -1.40. The SMILES string of the molecule is C[C@H](O)CNc1nc2ccc(Br)cc2c(=O)n1C. The van der Waals surface area contributed by atoms with Crippen LogP contribution in [0.25, 0.3) is 10.9 Å². The molecule has 0 bridgehead atoms. The first-order chi connectivity index (χ1) is 8.49. The number of nitrogens with zero attached hydrogens (tertiary/aromatic N) is 2. The fourth-order valence-corrected chi connectivity index (χ4v) is 2.00. The Labute approximate surface area is 113 Å². The third-order valence-corrected chi connectivity index (χ3v) is 3.09. The largest absolute Gasteiger partial charge is 0.392 e. The van der Waals surface area contributed by atoms with Crippen molar-refractivity contribution in [3.05, 3.63) is 33.0 Å². The van der Waals surface area contributed by atoms with E-state index in [1.807, 2.05) is 6.07 Å². The van der Waals surface area contributed by atoms with Crippen molar-refractivity contribution in [3.63, 3.8) is 0 Å². The summed E-state index contributed by atoms with van der Waals surface area (Å²) >= 11 is 3.33. The van der Waals surface area contributed by atoms with Crippen molar-refractivity contribution in [2.45, 2.75) is 13.0 Å². The van der Waals surface area contributed by atoms with Crippen LogP contribution in [-0.2, 0) is 7.05 Å². The van der Waals surface area contributed by atoms with Gasteiger partial charge in [-0.1, -0.05) is 15.9 Å². The summed E-state index contributed by atoms with van der Waals surface area (Å²) in [7, 11) is 1.65. The summed E-state index contributed by atoms with van der Waals surface area (Å²) in [5, 5.41) is 12.8. The van der Waals surface area contributed by atoms with Crippen molar-refractivity contribution in [1.29, 1.82) is 0 Å². The van der Waals surface area contributed by atoms with Gasteiger partial charge in [0.2, 0.25) is 5.95 Å². The molecule has 1 atom stereocenters. The molecule has 0 aliphatic rings. The molecule has 2 rings (SSSR count). The Morgan fingerprint density at radius 1 is 1.56 bits per heavy atom. The van der Waals surface area contributed by atoms with Crippen molar-refractivity contribution in [3.8, 4) is 0 Å². The van der Waals surface area contributed by atoms with Crippen LogP contribution in [0.15, 0.2) is 27.5 Å². The maximum absolute atomic E-state index is 12.1. The quantitative estimate of drug-likeness (QED) is 0.901. The third-order valence-electron chi connectivity index (χ3n) is 2.59. The average molecular weight is 312 g/mol. The Kier molecular flexibility index (Phi) is 3.68. The van der Waals surface area contributed by atoms with Crippen molar-refractivity contribution in [2.24, 2.45) is 7.05 Å². The van der Waals surface area contributed by atoms with Crippen molar-refractivity contribution >= 4 is 32.8 Å². The van der Waals surface area contributed by atoms with E-state index < -0.39 is 6.10 Å². The van der Waals surface area contributed by atoms with Crippen LogP contribution in [0.3, 0.4) is 0 Å². The van der Waals surface area contributed by atoms with E-state index in [1.54, 1.807) is 26.1 Å².